The minimum absolute atomic E-state index is 0.502. The molecule has 0 aliphatic heterocycles. The molecule has 17 heavy (non-hydrogen) atoms. The molecule has 0 saturated carbocycles. The van der Waals surface area contributed by atoms with Crippen molar-refractivity contribution in [2.24, 2.45) is 0 Å². The van der Waals surface area contributed by atoms with Gasteiger partial charge in [-0.15, -0.1) is 0 Å². The lowest BCUT2D eigenvalue weighted by Gasteiger charge is -2.13. The topological polar surface area (TPSA) is 40.2 Å². The Morgan fingerprint density at radius 3 is 2.94 bits per heavy atom. The lowest BCUT2D eigenvalue weighted by Crippen LogP contribution is -2.15. The average molecular weight is 245 g/mol. The van der Waals surface area contributed by atoms with Crippen molar-refractivity contribution in [3.63, 3.8) is 0 Å². The Hall–Kier alpha value is -1.35. The van der Waals surface area contributed by atoms with Gasteiger partial charge in [-0.25, -0.2) is 4.98 Å². The zero-order valence-corrected chi connectivity index (χ0v) is 10.6. The molecule has 0 fully saturated rings. The molecule has 0 radical (unpaired) electrons. The summed E-state index contributed by atoms with van der Waals surface area (Å²) in [6, 6.07) is 8.83. The van der Waals surface area contributed by atoms with Crippen molar-refractivity contribution in [3.8, 4) is 0 Å². The van der Waals surface area contributed by atoms with Crippen molar-refractivity contribution < 1.29 is 4.98 Å². The van der Waals surface area contributed by atoms with Crippen LogP contribution in [0, 0.1) is 0 Å². The number of fused-ring (bicyclic) bond motifs is 1. The van der Waals surface area contributed by atoms with Gasteiger partial charge < -0.3 is 0 Å². The van der Waals surface area contributed by atoms with Crippen molar-refractivity contribution in [3.05, 3.63) is 46.5 Å². The molecule has 1 aromatic carbocycles. The van der Waals surface area contributed by atoms with Crippen molar-refractivity contribution in [2.75, 3.05) is 5.73 Å². The molecule has 2 nitrogen and oxygen atoms in total. The van der Waals surface area contributed by atoms with Gasteiger partial charge in [0, 0.05) is 11.3 Å². The predicted octanol–water partition coefficient (Wildman–Crippen LogP) is 3.00. The van der Waals surface area contributed by atoms with E-state index in [0.717, 1.165) is 5.13 Å². The molecule has 2 aromatic rings. The van der Waals surface area contributed by atoms with Crippen molar-refractivity contribution in [2.45, 2.75) is 31.6 Å². The fraction of sp³-hybridized carbons (Fsp3) is 0.357. The molecule has 1 atom stereocenters. The van der Waals surface area contributed by atoms with Gasteiger partial charge in [-0.2, -0.15) is 0 Å². The summed E-state index contributed by atoms with van der Waals surface area (Å²) in [5, 5.41) is 2.98. The monoisotopic (exact) mass is 245 g/mol. The van der Waals surface area contributed by atoms with Gasteiger partial charge in [0.25, 0.3) is 0 Å². The molecular formula is C14H17N2S+. The van der Waals surface area contributed by atoms with E-state index in [4.69, 9.17) is 5.73 Å². The number of hydrogen-bond acceptors (Lipinski definition) is 2. The Bertz CT molecular complexity index is 518. The summed E-state index contributed by atoms with van der Waals surface area (Å²) in [6.07, 6.45) is 5.03. The molecule has 1 aliphatic rings. The number of thiazole rings is 1. The number of nitrogens with one attached hydrogen (secondary N) is 1. The third-order valence-electron chi connectivity index (χ3n) is 3.58. The first-order chi connectivity index (χ1) is 8.34. The minimum atomic E-state index is 0.502. The molecule has 0 bridgehead atoms. The van der Waals surface area contributed by atoms with E-state index in [9.17, 15) is 0 Å². The molecule has 3 heteroatoms. The van der Waals surface area contributed by atoms with Crippen LogP contribution in [0.2, 0.25) is 0 Å². The normalized spacial score (nSPS) is 19.6. The van der Waals surface area contributed by atoms with Crippen LogP contribution >= 0.6 is 11.3 Å². The molecule has 0 saturated heterocycles. The predicted molar refractivity (Wildman–Crippen MR) is 71.1 cm³/mol. The maximum Gasteiger partial charge on any atom is 0.329 e. The molecule has 3 rings (SSSR count). The second-order valence-electron chi connectivity index (χ2n) is 4.68. The summed E-state index contributed by atoms with van der Waals surface area (Å²) in [5.74, 6) is 0.502. The van der Waals surface area contributed by atoms with Crippen LogP contribution in [0.25, 0.3) is 0 Å². The van der Waals surface area contributed by atoms with Gasteiger partial charge in [0.15, 0.2) is 0 Å². The lowest BCUT2D eigenvalue weighted by molar-refractivity contribution is -0.368. The Labute approximate surface area is 106 Å². The second kappa shape index (κ2) is 4.49. The molecule has 1 aliphatic carbocycles. The number of H-pyrrole nitrogens is 1. The molecule has 0 amide bonds. The first kappa shape index (κ1) is 10.8. The van der Waals surface area contributed by atoms with Crippen LogP contribution in [0.4, 0.5) is 5.13 Å². The van der Waals surface area contributed by atoms with E-state index < -0.39 is 0 Å². The number of aromatic nitrogens is 1. The fourth-order valence-corrected chi connectivity index (χ4v) is 3.40. The molecule has 0 spiro atoms. The van der Waals surface area contributed by atoms with Crippen LogP contribution in [0.1, 0.15) is 42.0 Å². The standard InChI is InChI=1S/C14H16N2S/c15-14-16-13(9-17-14)12-8-4-2-6-10-5-1-3-7-11(10)12/h1,3,5,7,9,12H,2,4,6,8H2,(H2,15,16)/p+1. The van der Waals surface area contributed by atoms with Gasteiger partial charge in [-0.3, -0.25) is 5.73 Å². The summed E-state index contributed by atoms with van der Waals surface area (Å²) < 4.78 is 0. The smallest absolute Gasteiger partial charge is 0.278 e. The summed E-state index contributed by atoms with van der Waals surface area (Å²) in [7, 11) is 0. The van der Waals surface area contributed by atoms with E-state index in [1.54, 1.807) is 11.3 Å². The number of nitrogen functional groups attached to an aromatic ring is 1. The highest BCUT2D eigenvalue weighted by Gasteiger charge is 2.23. The van der Waals surface area contributed by atoms with Crippen LogP contribution in [0.5, 0.6) is 0 Å². The van der Waals surface area contributed by atoms with Crippen LogP contribution in [0.15, 0.2) is 29.6 Å². The van der Waals surface area contributed by atoms with Gasteiger partial charge >= 0.3 is 5.13 Å². The molecule has 88 valence electrons. The number of hydrogen-bond donors (Lipinski definition) is 1. The SMILES string of the molecule is Nc1[nH+]c(C2CCCCc3ccccc32)cs1. The van der Waals surface area contributed by atoms with Gasteiger partial charge in [0.1, 0.15) is 5.69 Å². The summed E-state index contributed by atoms with van der Waals surface area (Å²) >= 11 is 1.60. The van der Waals surface area contributed by atoms with Gasteiger partial charge in [-0.05, 0) is 30.4 Å². The highest BCUT2D eigenvalue weighted by atomic mass is 32.1. The van der Waals surface area contributed by atoms with Crippen LogP contribution in [-0.4, -0.2) is 0 Å². The summed E-state index contributed by atoms with van der Waals surface area (Å²) in [5.41, 5.74) is 10.1. The number of nitrogens with two attached hydrogens (primary N) is 1. The zero-order chi connectivity index (χ0) is 11.7. The van der Waals surface area contributed by atoms with Crippen molar-refractivity contribution in [1.82, 2.24) is 0 Å². The van der Waals surface area contributed by atoms with E-state index in [1.807, 2.05) is 0 Å². The van der Waals surface area contributed by atoms with Crippen LogP contribution < -0.4 is 10.7 Å². The van der Waals surface area contributed by atoms with Gasteiger partial charge in [-0.1, -0.05) is 42.0 Å². The van der Waals surface area contributed by atoms with Gasteiger partial charge in [0.2, 0.25) is 0 Å². The first-order valence-electron chi connectivity index (χ1n) is 6.18. The summed E-state index contributed by atoms with van der Waals surface area (Å²) in [6.45, 7) is 0. The molecule has 1 heterocycles. The molecule has 3 N–H and O–H groups in total. The third kappa shape index (κ3) is 2.07. The number of aryl methyl sites for hydroxylation is 1. The Kier molecular flexibility index (Phi) is 2.85. The maximum atomic E-state index is 5.81. The molecule has 1 aromatic heterocycles. The Morgan fingerprint density at radius 2 is 2.12 bits per heavy atom. The lowest BCUT2D eigenvalue weighted by atomic mass is 9.90. The van der Waals surface area contributed by atoms with Gasteiger partial charge in [0.05, 0.1) is 0 Å². The third-order valence-corrected chi connectivity index (χ3v) is 4.30. The van der Waals surface area contributed by atoms with E-state index in [2.05, 4.69) is 34.6 Å². The second-order valence-corrected chi connectivity index (χ2v) is 5.59. The van der Waals surface area contributed by atoms with Crippen molar-refractivity contribution in [1.29, 1.82) is 0 Å². The van der Waals surface area contributed by atoms with E-state index in [1.165, 1.54) is 42.5 Å². The van der Waals surface area contributed by atoms with Crippen LogP contribution in [-0.2, 0) is 6.42 Å². The van der Waals surface area contributed by atoms with Crippen LogP contribution in [0.3, 0.4) is 0 Å². The largest absolute Gasteiger partial charge is 0.329 e. The highest BCUT2D eigenvalue weighted by Crippen LogP contribution is 2.34. The number of rotatable bonds is 1. The number of aromatic amines is 1. The quantitative estimate of drug-likeness (QED) is 0.771. The maximum absolute atomic E-state index is 5.81. The van der Waals surface area contributed by atoms with Crippen molar-refractivity contribution >= 4 is 16.5 Å². The number of anilines is 1. The molecular weight excluding hydrogens is 228 g/mol. The molecule has 1 unspecified atom stereocenters. The average Bonchev–Trinajstić information content (AvgIpc) is 2.66. The van der Waals surface area contributed by atoms with E-state index >= 15 is 0 Å². The van der Waals surface area contributed by atoms with E-state index in [-0.39, 0.29) is 0 Å². The Balaban J connectivity index is 2.05. The first-order valence-corrected chi connectivity index (χ1v) is 7.06. The zero-order valence-electron chi connectivity index (χ0n) is 9.78. The van der Waals surface area contributed by atoms with E-state index in [0.29, 0.717) is 5.92 Å². The fourth-order valence-electron chi connectivity index (χ4n) is 2.74. The number of benzene rings is 1. The summed E-state index contributed by atoms with van der Waals surface area (Å²) in [4.78, 5) is 3.31. The highest BCUT2D eigenvalue weighted by molar-refractivity contribution is 7.13. The minimum Gasteiger partial charge on any atom is -0.278 e. The Morgan fingerprint density at radius 1 is 1.24 bits per heavy atom.